The monoisotopic (exact) mass is 1960 g/mol. The minimum absolute atomic E-state index is 0.0978. The van der Waals surface area contributed by atoms with Crippen LogP contribution < -0.4 is 4.90 Å². The van der Waals surface area contributed by atoms with Crippen LogP contribution in [0.15, 0.2) is 232 Å². The molecule has 10 saturated heterocycles. The Morgan fingerprint density at radius 3 is 1.10 bits per heavy atom. The molecule has 11 aliphatic heterocycles. The Kier molecular flexibility index (Phi) is 26.8. The van der Waals surface area contributed by atoms with Crippen LogP contribution in [0.4, 0.5) is 5.69 Å². The van der Waals surface area contributed by atoms with Crippen LogP contribution in [0.25, 0.3) is 99.2 Å². The van der Waals surface area contributed by atoms with Crippen LogP contribution in [-0.2, 0) is 51.8 Å². The van der Waals surface area contributed by atoms with Crippen LogP contribution in [-0.4, -0.2) is 197 Å². The van der Waals surface area contributed by atoms with E-state index in [1.807, 2.05) is 106 Å². The summed E-state index contributed by atoms with van der Waals surface area (Å²) in [4.78, 5) is 78.9. The standard InChI is InChI=1S/C26H32N4O.C25H30N4O.C25H26N4O.C23H28N4O.C22H26N4O/c31-26(12-18-4-2-1-3-5-18)30-23-7-9-25(30)21(14-23)17-29-11-10-20-13-19(6-8-24(20)29)22-15-27-28-16-22;2*30-25(17-4-2-1-3-5-17)29-22-7-9-24(29)20(13-22)16-28-11-10-19-12-18(6-8-23(19)28)21-14-26-27-15-21;1-15(2)9-23(28)27-20-4-6-22(27)18(11-20)14-26-8-7-17-10-16(3-5-21(17)26)19-12-24-25-13-19;1-14(2)22(27)26-19-4-6-21(26)17(10-19)13-25-8-7-16-9-15(3-5-20(16)25)18-11-23-24-12-18/h6,8,10-11,13,15-16,18,21,23,25H,1-5,7,9,12,14,17H2,(H,27,28);6,8,10-12,14-15,17,20,22,24H,1-5,7,9,13,16H2,(H,26,27);1-6,8,12,14-15,20,22,24H,7,9-11,13,16H2,(H,26,27);3,5,7-8,10,12-13,15,18,20,22H,4,6,9,11,14H2,1-2H3,(H,24,25);3,5,7-9,11-12,14,17,19,21H,4,6,10,13H2,1-2H3,(H,23,24). The van der Waals surface area contributed by atoms with Crippen molar-refractivity contribution in [3.05, 3.63) is 243 Å². The lowest BCUT2D eigenvalue weighted by molar-refractivity contribution is -0.138. The molecule has 15 unspecified atom stereocenters. The summed E-state index contributed by atoms with van der Waals surface area (Å²) in [5.74, 6) is 6.19. The first kappa shape index (κ1) is 94.9. The van der Waals surface area contributed by atoms with Crippen molar-refractivity contribution in [3.8, 4) is 55.6 Å². The van der Waals surface area contributed by atoms with E-state index in [1.54, 1.807) is 0 Å². The van der Waals surface area contributed by atoms with Crippen LogP contribution in [0.1, 0.15) is 217 Å². The first-order valence-corrected chi connectivity index (χ1v) is 55.4. The SMILES string of the molecule is CC(C)C(=O)N1C2CCC1C(Cn1ccc3cc(-c4cn[nH]c4)ccc31)C2.CC(C)CC(=O)N1C2CCC1C(Cn1ccc3cc(-c4cn[nH]c4)ccc31)C2.O=C(C1CCCCC1)N1C2CCC1C(Cn1ccc3cc(-c4cn[nH]c4)ccc31)C2.O=C(CC1CCCCC1)N1C2CCC1C(Cn1ccc3cc(-c4cn[nH]c4)ccc31)C2.O=C(c1ccccc1)N1C2CCC1C(CN1CCc3cc(-c4cn[nH]c4)ccc31)C2. The second-order valence-electron chi connectivity index (χ2n) is 45.9. The lowest BCUT2D eigenvalue weighted by Gasteiger charge is -2.30. The van der Waals surface area contributed by atoms with E-state index in [4.69, 9.17) is 0 Å². The molecule has 5 amide bonds. The summed E-state index contributed by atoms with van der Waals surface area (Å²) < 4.78 is 9.57. The minimum Gasteiger partial charge on any atom is -0.371 e. The minimum atomic E-state index is 0.0978. The number of aromatic amines is 5. The Balaban J connectivity index is 0.0000000979. The molecule has 0 spiro atoms. The van der Waals surface area contributed by atoms with Gasteiger partial charge in [0.25, 0.3) is 5.91 Å². The van der Waals surface area contributed by atoms with E-state index in [-0.39, 0.29) is 11.8 Å². The van der Waals surface area contributed by atoms with Gasteiger partial charge in [-0.25, -0.2) is 0 Å². The van der Waals surface area contributed by atoms with Gasteiger partial charge in [-0.15, -0.1) is 0 Å². The third kappa shape index (κ3) is 18.9. The predicted molar refractivity (Wildman–Crippen MR) is 575 cm³/mol. The Bertz CT molecular complexity index is 7080. The van der Waals surface area contributed by atoms with Gasteiger partial charge in [-0.2, -0.15) is 25.5 Å². The molecule has 5 N–H and O–H groups in total. The Hall–Kier alpha value is -13.3. The van der Waals surface area contributed by atoms with Crippen molar-refractivity contribution >= 4 is 78.8 Å². The zero-order valence-corrected chi connectivity index (χ0v) is 85.2. The van der Waals surface area contributed by atoms with Gasteiger partial charge in [0.1, 0.15) is 0 Å². The number of rotatable bonds is 22. The first-order valence-electron chi connectivity index (χ1n) is 55.4. The summed E-state index contributed by atoms with van der Waals surface area (Å²) in [6.07, 6.45) is 60.5. The average Bonchev–Trinajstić information content (AvgIpc) is 1.61. The third-order valence-electron chi connectivity index (χ3n) is 36.4. The molecule has 13 aliphatic rings. The third-order valence-corrected chi connectivity index (χ3v) is 36.4. The fraction of sp³-hybridized carbons (Fsp3) is 0.471. The molecule has 146 heavy (non-hydrogen) atoms. The number of nitrogens with one attached hydrogen (secondary N) is 5. The second kappa shape index (κ2) is 41.2. The van der Waals surface area contributed by atoms with E-state index < -0.39 is 0 Å². The van der Waals surface area contributed by atoms with Crippen molar-refractivity contribution in [2.75, 3.05) is 18.0 Å². The number of nitrogens with zero attached hydrogens (tertiary/aromatic N) is 15. The van der Waals surface area contributed by atoms with Crippen molar-refractivity contribution in [1.82, 2.24) is 93.8 Å². The average molecular weight is 1960 g/mol. The number of hydrogen-bond acceptors (Lipinski definition) is 11. The molecule has 2 aliphatic carbocycles. The van der Waals surface area contributed by atoms with Gasteiger partial charge in [0, 0.05) is 263 Å². The first-order chi connectivity index (χ1) is 71.5. The van der Waals surface area contributed by atoms with E-state index in [0.717, 1.165) is 137 Å². The number of carbonyl (C=O) groups is 5. The molecule has 20 heterocycles. The molecule has 0 radical (unpaired) electrons. The highest BCUT2D eigenvalue weighted by molar-refractivity contribution is 5.95. The number of H-pyrrole nitrogens is 5. The topological polar surface area (TPSA) is 268 Å². The quantitative estimate of drug-likeness (QED) is 0.0426. The van der Waals surface area contributed by atoms with Crippen LogP contribution >= 0.6 is 0 Å². The zero-order valence-electron chi connectivity index (χ0n) is 85.2. The van der Waals surface area contributed by atoms with Gasteiger partial charge in [0.2, 0.25) is 23.6 Å². The molecule has 9 aromatic heterocycles. The summed E-state index contributed by atoms with van der Waals surface area (Å²) in [6.45, 7) is 14.5. The van der Waals surface area contributed by atoms with Crippen LogP contribution in [0.5, 0.6) is 0 Å². The molecule has 756 valence electrons. The number of hydrogen-bond donors (Lipinski definition) is 5. The highest BCUT2D eigenvalue weighted by Crippen LogP contribution is 2.51. The molecular formula is C121H142N20O5. The van der Waals surface area contributed by atoms with Gasteiger partial charge < -0.3 is 47.7 Å². The Morgan fingerprint density at radius 2 is 0.699 bits per heavy atom. The smallest absolute Gasteiger partial charge is 0.254 e. The van der Waals surface area contributed by atoms with Gasteiger partial charge in [-0.3, -0.25) is 49.5 Å². The Morgan fingerprint density at radius 1 is 0.342 bits per heavy atom. The fourth-order valence-electron chi connectivity index (χ4n) is 29.4. The number of carbonyl (C=O) groups excluding carboxylic acids is 5. The molecule has 2 saturated carbocycles. The summed E-state index contributed by atoms with van der Waals surface area (Å²) in [6, 6.07) is 56.4. The van der Waals surface area contributed by atoms with Crippen molar-refractivity contribution in [2.45, 2.75) is 294 Å². The molecule has 15 aromatic rings. The number of amides is 5. The molecular weight excluding hydrogens is 1810 g/mol. The largest absolute Gasteiger partial charge is 0.371 e. The highest BCUT2D eigenvalue weighted by atomic mass is 16.2. The van der Waals surface area contributed by atoms with Gasteiger partial charge in [-0.05, 0) is 300 Å². The van der Waals surface area contributed by atoms with Crippen LogP contribution in [0.3, 0.4) is 0 Å². The number of anilines is 1. The lowest BCUT2D eigenvalue weighted by Crippen LogP contribution is -2.41. The predicted octanol–water partition coefficient (Wildman–Crippen LogP) is 23.0. The van der Waals surface area contributed by atoms with E-state index in [1.165, 1.54) is 192 Å². The fourth-order valence-corrected chi connectivity index (χ4v) is 29.4. The van der Waals surface area contributed by atoms with Gasteiger partial charge in [0.05, 0.1) is 31.0 Å². The van der Waals surface area contributed by atoms with Crippen LogP contribution in [0, 0.1) is 53.3 Å². The van der Waals surface area contributed by atoms with E-state index in [2.05, 4.69) is 253 Å². The maximum atomic E-state index is 13.3. The lowest BCUT2D eigenvalue weighted by atomic mass is 9.86. The summed E-state index contributed by atoms with van der Waals surface area (Å²) in [5, 5.41) is 39.8. The zero-order chi connectivity index (χ0) is 98.7. The molecule has 25 heteroatoms. The number of fused-ring (bicyclic) bond motifs is 15. The number of benzene rings is 6. The number of aromatic nitrogens is 14. The molecule has 6 aromatic carbocycles. The normalized spacial score (nSPS) is 25.2. The molecule has 15 atom stereocenters. The van der Waals surface area contributed by atoms with E-state index in [0.29, 0.717) is 138 Å². The van der Waals surface area contributed by atoms with Crippen molar-refractivity contribution in [1.29, 1.82) is 0 Å². The molecule has 10 bridgehead atoms. The summed E-state index contributed by atoms with van der Waals surface area (Å²) in [7, 11) is 0. The summed E-state index contributed by atoms with van der Waals surface area (Å²) in [5.41, 5.74) is 20.3. The van der Waals surface area contributed by atoms with Crippen molar-refractivity contribution in [2.24, 2.45) is 53.3 Å². The van der Waals surface area contributed by atoms with E-state index in [9.17, 15) is 24.0 Å². The highest BCUT2D eigenvalue weighted by Gasteiger charge is 2.54. The van der Waals surface area contributed by atoms with Crippen molar-refractivity contribution in [3.63, 3.8) is 0 Å². The molecule has 12 fully saturated rings. The second-order valence-corrected chi connectivity index (χ2v) is 45.9. The van der Waals surface area contributed by atoms with Gasteiger partial charge in [0.15, 0.2) is 0 Å². The maximum Gasteiger partial charge on any atom is 0.254 e. The van der Waals surface area contributed by atoms with E-state index >= 15 is 0 Å². The molecule has 28 rings (SSSR count). The Labute approximate surface area is 855 Å². The van der Waals surface area contributed by atoms with Crippen LogP contribution in [0.2, 0.25) is 0 Å². The summed E-state index contributed by atoms with van der Waals surface area (Å²) >= 11 is 0. The van der Waals surface area contributed by atoms with Gasteiger partial charge >= 0.3 is 0 Å². The maximum absolute atomic E-state index is 13.3. The molecule has 25 nitrogen and oxygen atoms in total. The van der Waals surface area contributed by atoms with Gasteiger partial charge in [-0.1, -0.05) is 115 Å². The van der Waals surface area contributed by atoms with Crippen molar-refractivity contribution < 1.29 is 24.0 Å².